The van der Waals surface area contributed by atoms with Crippen LogP contribution in [-0.2, 0) is 32.0 Å². The van der Waals surface area contributed by atoms with E-state index in [4.69, 9.17) is 90.9 Å². The van der Waals surface area contributed by atoms with Gasteiger partial charge in [0.05, 0.1) is 0 Å². The first-order valence-corrected chi connectivity index (χ1v) is 20.8. The van der Waals surface area contributed by atoms with Gasteiger partial charge in [-0.25, -0.2) is 0 Å². The highest BCUT2D eigenvalue weighted by Gasteiger charge is 2.55. The maximum absolute atomic E-state index is 10.4. The molecule has 0 aromatic carbocycles. The zero-order chi connectivity index (χ0) is 34.6. The van der Waals surface area contributed by atoms with Crippen LogP contribution in [0.25, 0.3) is 0 Å². The molecule has 40 heavy (non-hydrogen) atoms. The maximum atomic E-state index is 10.4. The fourth-order valence-corrected chi connectivity index (χ4v) is 4.82. The summed E-state index contributed by atoms with van der Waals surface area (Å²) in [6, 6.07) is 0. The summed E-state index contributed by atoms with van der Waals surface area (Å²) in [7, 11) is -33.7. The van der Waals surface area contributed by atoms with E-state index in [9.17, 15) is 32.0 Å². The molecule has 0 aliphatic heterocycles. The van der Waals surface area contributed by atoms with Gasteiger partial charge in [0, 0.05) is 0 Å². The van der Waals surface area contributed by atoms with Crippen LogP contribution in [-0.4, -0.2) is 93.7 Å². The minimum Gasteiger partial charge on any atom is -0.368 e. The molecule has 0 aromatic rings. The molecule has 17 N–H and O–H groups in total. The van der Waals surface area contributed by atoms with Gasteiger partial charge in [0.25, 0.3) is 5.08 Å². The van der Waals surface area contributed by atoms with Gasteiger partial charge in [-0.1, -0.05) is 0 Å². The lowest BCUT2D eigenvalue weighted by molar-refractivity contribution is 0.146. The molecule has 0 aliphatic carbocycles. The van der Waals surface area contributed by atoms with Crippen LogP contribution in [0, 0.1) is 0 Å². The third kappa shape index (κ3) is 16.9. The largest absolute Gasteiger partial charge is 0.369 e. The number of alkyl halides is 1. The van der Waals surface area contributed by atoms with Gasteiger partial charge in [-0.3, -0.25) is 32.0 Å². The number of halogens is 1. The summed E-state index contributed by atoms with van der Waals surface area (Å²) in [6.45, 7) is 4.34. The van der Waals surface area contributed by atoms with Crippen molar-refractivity contribution in [3.8, 4) is 0 Å². The summed E-state index contributed by atoms with van der Waals surface area (Å²) < 4.78 is 70.4. The minimum atomic E-state index is -5.20. The lowest BCUT2D eigenvalue weighted by Gasteiger charge is -2.25. The quantitative estimate of drug-likeness (QED) is 0.107. The zero-order valence-electron chi connectivity index (χ0n) is 20.7. The number of nitrogens with two attached hydrogens (primary N) is 1. The van der Waals surface area contributed by atoms with Gasteiger partial charge in [0.1, 0.15) is 4.62 Å². The average Bonchev–Trinajstić information content (AvgIpc) is 2.55. The lowest BCUT2D eigenvalue weighted by atomic mass is 10.6. The number of hydrogen-bond donors (Lipinski definition) is 16. The van der Waals surface area contributed by atoms with Gasteiger partial charge in [-0.2, -0.15) is 0 Å². The molecular weight excluding hydrogens is 726 g/mol. The monoisotopic (exact) mass is 759 g/mol. The van der Waals surface area contributed by atoms with Crippen molar-refractivity contribution in [1.82, 2.24) is 0 Å². The van der Waals surface area contributed by atoms with Crippen LogP contribution in [0.2, 0.25) is 0 Å². The Labute approximate surface area is 230 Å². The normalized spacial score (nSPS) is 14.7. The van der Waals surface area contributed by atoms with Crippen molar-refractivity contribution in [2.45, 2.75) is 54.7 Å². The maximum Gasteiger partial charge on any atom is 0.369 e. The smallest absolute Gasteiger partial charge is 0.368 e. The summed E-state index contributed by atoms with van der Waals surface area (Å²) in [5.74, 6) is 0. The van der Waals surface area contributed by atoms with Crippen LogP contribution in [0.3, 0.4) is 0 Å². The first-order valence-electron chi connectivity index (χ1n) is 8.99. The zero-order valence-corrected chi connectivity index (χ0v) is 27.7. The predicted molar refractivity (Wildman–Crippen MR) is 137 cm³/mol. The lowest BCUT2D eigenvalue weighted by Crippen LogP contribution is -2.35. The molecule has 0 atom stereocenters. The molecule has 0 bridgehead atoms. The van der Waals surface area contributed by atoms with Crippen molar-refractivity contribution >= 4 is 64.8 Å². The van der Waals surface area contributed by atoms with Crippen molar-refractivity contribution in [1.29, 1.82) is 0 Å². The van der Waals surface area contributed by atoms with Crippen LogP contribution in [0.15, 0.2) is 0 Å². The standard InChI is InChI=1S/C3H8ClO3P.C2H9NO6P2.C2H8O7P2.C2H8O6P2/c1-3(2,4)8(5,6)7;2*1-2(3,10(4,5)6)11(7,8)9;1-2(9(3,4)5)10(6,7)8/h1-2H3,(H2,5,6,7);3H2,1H3,(H2,4,5,6)(H2,7,8,9);3H,1H3,(H2,4,5,6)(H2,7,8,9);2H,1H3,(H2,3,4,5)(H2,6,7,8). The molecule has 0 spiro atoms. The van der Waals surface area contributed by atoms with E-state index in [0.717, 1.165) is 6.92 Å². The topological polar surface area (TPSA) is 449 Å². The molecule has 0 radical (unpaired) electrons. The van der Waals surface area contributed by atoms with E-state index in [0.29, 0.717) is 13.8 Å². The van der Waals surface area contributed by atoms with Crippen molar-refractivity contribution in [2.24, 2.45) is 5.73 Å². The van der Waals surface area contributed by atoms with E-state index < -0.39 is 73.3 Å². The Morgan fingerprint density at radius 3 is 0.700 bits per heavy atom. The van der Waals surface area contributed by atoms with Crippen LogP contribution in [0.5, 0.6) is 0 Å². The molecule has 23 nitrogen and oxygen atoms in total. The molecule has 0 aliphatic rings. The SMILES string of the molecule is CC(C)(Cl)P(=O)(O)O.CC(N)(P(=O)(O)O)P(=O)(O)O.CC(O)(P(=O)(O)O)P(=O)(O)O.CC(P(=O)(O)O)P(=O)(O)O. The molecule has 0 unspecified atom stereocenters. The number of aliphatic hydroxyl groups is 1. The molecule has 248 valence electrons. The fourth-order valence-electron chi connectivity index (χ4n) is 0.535. The van der Waals surface area contributed by atoms with Crippen molar-refractivity contribution in [2.75, 3.05) is 0 Å². The van der Waals surface area contributed by atoms with E-state index in [-0.39, 0.29) is 0 Å². The highest BCUT2D eigenvalue weighted by molar-refractivity contribution is 7.72. The highest BCUT2D eigenvalue weighted by atomic mass is 35.5. The summed E-state index contributed by atoms with van der Waals surface area (Å²) in [5, 5.41) is 0.675. The summed E-state index contributed by atoms with van der Waals surface area (Å²) in [4.78, 5) is 116. The molecule has 0 saturated heterocycles. The van der Waals surface area contributed by atoms with Gasteiger partial charge in [0.15, 0.2) is 5.40 Å². The first-order chi connectivity index (χ1) is 16.4. The Balaban J connectivity index is -0.000000218. The summed E-state index contributed by atoms with van der Waals surface area (Å²) >= 11 is 5.25. The average molecular weight is 760 g/mol. The van der Waals surface area contributed by atoms with Crippen molar-refractivity contribution < 1.29 is 106 Å². The summed E-state index contributed by atoms with van der Waals surface area (Å²) in [6.07, 6.45) is 0. The van der Waals surface area contributed by atoms with Crippen LogP contribution in [0.4, 0.5) is 0 Å². The minimum absolute atomic E-state index is 0.383. The Bertz CT molecular complexity index is 1030. The van der Waals surface area contributed by atoms with E-state index in [1.807, 2.05) is 0 Å². The van der Waals surface area contributed by atoms with Crippen molar-refractivity contribution in [3.05, 3.63) is 0 Å². The Morgan fingerprint density at radius 1 is 0.525 bits per heavy atom. The van der Waals surface area contributed by atoms with Gasteiger partial charge >= 0.3 is 53.2 Å². The van der Waals surface area contributed by atoms with Gasteiger partial charge < -0.3 is 79.3 Å². The Kier molecular flexibility index (Phi) is 18.1. The van der Waals surface area contributed by atoms with Crippen LogP contribution >= 0.6 is 64.8 Å². The third-order valence-corrected chi connectivity index (χ3v) is 17.4. The van der Waals surface area contributed by atoms with E-state index in [1.165, 1.54) is 13.8 Å². The molecule has 0 amide bonds. The van der Waals surface area contributed by atoms with Crippen molar-refractivity contribution in [3.63, 3.8) is 0 Å². The Morgan fingerprint density at radius 2 is 0.700 bits per heavy atom. The van der Waals surface area contributed by atoms with Gasteiger partial charge in [-0.05, 0) is 34.6 Å². The molecule has 0 aromatic heterocycles. The highest BCUT2D eigenvalue weighted by Crippen LogP contribution is 2.67. The number of rotatable bonds is 7. The first kappa shape index (κ1) is 48.2. The molecule has 0 rings (SSSR count). The van der Waals surface area contributed by atoms with Crippen LogP contribution in [0.1, 0.15) is 34.6 Å². The predicted octanol–water partition coefficient (Wildman–Crippen LogP) is -1.19. The molecular formula is C9H33ClNO22P7. The van der Waals surface area contributed by atoms with E-state index in [1.54, 1.807) is 0 Å². The number of hydrogen-bond acceptors (Lipinski definition) is 9. The van der Waals surface area contributed by atoms with Gasteiger partial charge in [-0.15, -0.1) is 11.6 Å². The van der Waals surface area contributed by atoms with Crippen LogP contribution < -0.4 is 5.73 Å². The molecule has 0 fully saturated rings. The van der Waals surface area contributed by atoms with Gasteiger partial charge in [0.2, 0.25) is 5.02 Å². The summed E-state index contributed by atoms with van der Waals surface area (Å²) in [5.41, 5.74) is 4.74. The van der Waals surface area contributed by atoms with E-state index >= 15 is 0 Å². The molecule has 0 saturated carbocycles. The third-order valence-electron chi connectivity index (χ3n) is 3.95. The fraction of sp³-hybridized carbons (Fsp3) is 1.00. The second kappa shape index (κ2) is 15.0. The second-order valence-corrected chi connectivity index (χ2v) is 24.4. The Hall–Kier alpha value is 1.26. The molecule has 0 heterocycles. The second-order valence-electron chi connectivity index (χ2n) is 8.00. The molecule has 31 heteroatoms. The van der Waals surface area contributed by atoms with E-state index in [2.05, 4.69) is 0 Å².